The highest BCUT2D eigenvalue weighted by Crippen LogP contribution is 2.09. The Morgan fingerprint density at radius 3 is 2.78 bits per heavy atom. The van der Waals surface area contributed by atoms with Crippen LogP contribution in [0.4, 0.5) is 0 Å². The van der Waals surface area contributed by atoms with Gasteiger partial charge in [-0.15, -0.1) is 5.10 Å². The lowest BCUT2D eigenvalue weighted by atomic mass is 10.3. The van der Waals surface area contributed by atoms with E-state index in [1.165, 1.54) is 11.0 Å². The molecule has 8 heteroatoms. The highest BCUT2D eigenvalue weighted by Gasteiger charge is 2.17. The monoisotopic (exact) mass is 250 g/mol. The minimum Gasteiger partial charge on any atom is -0.476 e. The highest BCUT2D eigenvalue weighted by atomic mass is 16.4. The third-order valence-electron chi connectivity index (χ3n) is 2.61. The van der Waals surface area contributed by atoms with Gasteiger partial charge in [-0.2, -0.15) is 5.10 Å². The van der Waals surface area contributed by atoms with Gasteiger partial charge in [-0.3, -0.25) is 0 Å². The summed E-state index contributed by atoms with van der Waals surface area (Å²) in [4.78, 5) is 15.0. The van der Waals surface area contributed by atoms with Crippen molar-refractivity contribution in [3.63, 3.8) is 0 Å². The Kier molecular flexibility index (Phi) is 3.09. The van der Waals surface area contributed by atoms with Gasteiger partial charge in [0.05, 0.1) is 5.69 Å². The van der Waals surface area contributed by atoms with Crippen LogP contribution in [-0.4, -0.2) is 40.8 Å². The van der Waals surface area contributed by atoms with E-state index in [-0.39, 0.29) is 11.7 Å². The Labute approximate surface area is 103 Å². The summed E-state index contributed by atoms with van der Waals surface area (Å²) in [6.07, 6.45) is 1.47. The van der Waals surface area contributed by atoms with Crippen LogP contribution in [0.3, 0.4) is 0 Å². The van der Waals surface area contributed by atoms with Gasteiger partial charge in [0.1, 0.15) is 18.7 Å². The Bertz CT molecular complexity index is 571. The van der Waals surface area contributed by atoms with Crippen molar-refractivity contribution in [1.82, 2.24) is 29.8 Å². The van der Waals surface area contributed by atoms with Crippen molar-refractivity contribution in [2.75, 3.05) is 0 Å². The average molecular weight is 250 g/mol. The van der Waals surface area contributed by atoms with Crippen molar-refractivity contribution in [2.24, 2.45) is 0 Å². The lowest BCUT2D eigenvalue weighted by molar-refractivity contribution is 0.0689. The van der Waals surface area contributed by atoms with Crippen LogP contribution < -0.4 is 0 Å². The number of aromatic nitrogens is 6. The fourth-order valence-corrected chi connectivity index (χ4v) is 1.66. The van der Waals surface area contributed by atoms with Crippen LogP contribution >= 0.6 is 0 Å². The first-order valence-electron chi connectivity index (χ1n) is 5.52. The molecule has 0 radical (unpaired) electrons. The summed E-state index contributed by atoms with van der Waals surface area (Å²) >= 11 is 0. The fraction of sp³-hybridized carbons (Fsp3) is 0.500. The molecule has 0 bridgehead atoms. The molecule has 18 heavy (non-hydrogen) atoms. The fourth-order valence-electron chi connectivity index (χ4n) is 1.66. The van der Waals surface area contributed by atoms with E-state index in [0.29, 0.717) is 12.2 Å². The molecule has 2 heterocycles. The van der Waals surface area contributed by atoms with Gasteiger partial charge in [0, 0.05) is 6.04 Å². The Morgan fingerprint density at radius 2 is 2.22 bits per heavy atom. The van der Waals surface area contributed by atoms with Crippen molar-refractivity contribution in [3.05, 3.63) is 23.5 Å². The normalized spacial score (nSPS) is 11.1. The number of carbonyl (C=O) groups is 1. The lowest BCUT2D eigenvalue weighted by Gasteiger charge is -2.09. The van der Waals surface area contributed by atoms with Crippen molar-refractivity contribution in [3.8, 4) is 0 Å². The van der Waals surface area contributed by atoms with Gasteiger partial charge < -0.3 is 5.11 Å². The van der Waals surface area contributed by atoms with Crippen LogP contribution in [0, 0.1) is 6.92 Å². The van der Waals surface area contributed by atoms with Crippen LogP contribution in [-0.2, 0) is 6.54 Å². The smallest absolute Gasteiger partial charge is 0.358 e. The number of carboxylic acid groups (broad SMARTS) is 1. The van der Waals surface area contributed by atoms with Crippen molar-refractivity contribution >= 4 is 5.97 Å². The first-order chi connectivity index (χ1) is 8.50. The minimum atomic E-state index is -1.08. The van der Waals surface area contributed by atoms with Crippen LogP contribution in [0.2, 0.25) is 0 Å². The molecule has 2 rings (SSSR count). The molecule has 1 N–H and O–H groups in total. The second-order valence-electron chi connectivity index (χ2n) is 4.20. The summed E-state index contributed by atoms with van der Waals surface area (Å²) in [6.45, 7) is 6.01. The number of nitrogens with zero attached hydrogens (tertiary/aromatic N) is 6. The molecule has 0 saturated carbocycles. The topological polar surface area (TPSA) is 98.7 Å². The second-order valence-corrected chi connectivity index (χ2v) is 4.20. The highest BCUT2D eigenvalue weighted by molar-refractivity contribution is 5.86. The molecule has 0 fully saturated rings. The molecule has 0 amide bonds. The molecule has 0 aromatic carbocycles. The molecule has 8 nitrogen and oxygen atoms in total. The summed E-state index contributed by atoms with van der Waals surface area (Å²) in [6, 6.07) is 0.185. The van der Waals surface area contributed by atoms with E-state index in [0.717, 1.165) is 5.82 Å². The van der Waals surface area contributed by atoms with E-state index in [1.54, 1.807) is 11.6 Å². The molecule has 0 aliphatic carbocycles. The SMILES string of the molecule is Cc1c(C(=O)O)nnn1Cc1ncnn1C(C)C. The Balaban J connectivity index is 2.29. The van der Waals surface area contributed by atoms with Gasteiger partial charge in [0.25, 0.3) is 0 Å². The third-order valence-corrected chi connectivity index (χ3v) is 2.61. The second kappa shape index (κ2) is 4.55. The molecule has 0 aliphatic rings. The zero-order valence-corrected chi connectivity index (χ0v) is 10.4. The van der Waals surface area contributed by atoms with Crippen molar-refractivity contribution < 1.29 is 9.90 Å². The molecular formula is C10H14N6O2. The van der Waals surface area contributed by atoms with Gasteiger partial charge in [0.2, 0.25) is 0 Å². The van der Waals surface area contributed by atoms with E-state index < -0.39 is 5.97 Å². The van der Waals surface area contributed by atoms with Crippen LogP contribution in [0.15, 0.2) is 6.33 Å². The number of hydrogen-bond donors (Lipinski definition) is 1. The predicted molar refractivity (Wildman–Crippen MR) is 61.2 cm³/mol. The largest absolute Gasteiger partial charge is 0.476 e. The van der Waals surface area contributed by atoms with Crippen molar-refractivity contribution in [2.45, 2.75) is 33.4 Å². The molecule has 0 aliphatic heterocycles. The number of hydrogen-bond acceptors (Lipinski definition) is 5. The van der Waals surface area contributed by atoms with E-state index in [9.17, 15) is 4.79 Å². The third kappa shape index (κ3) is 2.08. The quantitative estimate of drug-likeness (QED) is 0.848. The van der Waals surface area contributed by atoms with Gasteiger partial charge in [-0.05, 0) is 20.8 Å². The standard InChI is InChI=1S/C10H14N6O2/c1-6(2)16-8(11-5-12-16)4-15-7(3)9(10(17)18)13-14-15/h5-6H,4H2,1-3H3,(H,17,18). The first kappa shape index (κ1) is 12.2. The lowest BCUT2D eigenvalue weighted by Crippen LogP contribution is -2.14. The first-order valence-corrected chi connectivity index (χ1v) is 5.52. The predicted octanol–water partition coefficient (Wildman–Crippen LogP) is 0.505. The van der Waals surface area contributed by atoms with Crippen LogP contribution in [0.1, 0.15) is 41.9 Å². The van der Waals surface area contributed by atoms with Crippen LogP contribution in [0.5, 0.6) is 0 Å². The summed E-state index contributed by atoms with van der Waals surface area (Å²) in [7, 11) is 0. The van der Waals surface area contributed by atoms with Crippen LogP contribution in [0.25, 0.3) is 0 Å². The molecule has 0 spiro atoms. The maximum Gasteiger partial charge on any atom is 0.358 e. The van der Waals surface area contributed by atoms with Gasteiger partial charge in [-0.25, -0.2) is 19.1 Å². The number of carboxylic acids is 1. The zero-order chi connectivity index (χ0) is 13.3. The van der Waals surface area contributed by atoms with Gasteiger partial charge in [0.15, 0.2) is 5.69 Å². The molecule has 0 atom stereocenters. The van der Waals surface area contributed by atoms with E-state index in [4.69, 9.17) is 5.11 Å². The molecule has 96 valence electrons. The number of aromatic carboxylic acids is 1. The Hall–Kier alpha value is -2.25. The van der Waals surface area contributed by atoms with Gasteiger partial charge >= 0.3 is 5.97 Å². The summed E-state index contributed by atoms with van der Waals surface area (Å²) in [5.74, 6) is -0.362. The summed E-state index contributed by atoms with van der Waals surface area (Å²) < 4.78 is 3.27. The average Bonchev–Trinajstić information content (AvgIpc) is 2.87. The molecule has 0 saturated heterocycles. The minimum absolute atomic E-state index is 0.0365. The van der Waals surface area contributed by atoms with E-state index in [2.05, 4.69) is 20.4 Å². The maximum absolute atomic E-state index is 10.9. The summed E-state index contributed by atoms with van der Waals surface area (Å²) in [5, 5.41) is 20.5. The van der Waals surface area contributed by atoms with Gasteiger partial charge in [-0.1, -0.05) is 5.21 Å². The van der Waals surface area contributed by atoms with Crippen molar-refractivity contribution in [1.29, 1.82) is 0 Å². The Morgan fingerprint density at radius 1 is 1.50 bits per heavy atom. The summed E-state index contributed by atoms with van der Waals surface area (Å²) in [5.41, 5.74) is 0.464. The molecular weight excluding hydrogens is 236 g/mol. The van der Waals surface area contributed by atoms with E-state index >= 15 is 0 Å². The number of rotatable bonds is 4. The maximum atomic E-state index is 10.9. The zero-order valence-electron chi connectivity index (χ0n) is 10.4. The molecule has 2 aromatic heterocycles. The molecule has 2 aromatic rings. The van der Waals surface area contributed by atoms with E-state index in [1.807, 2.05) is 13.8 Å². The molecule has 0 unspecified atom stereocenters.